The summed E-state index contributed by atoms with van der Waals surface area (Å²) in [7, 11) is 0. The van der Waals surface area contributed by atoms with Crippen LogP contribution >= 0.6 is 0 Å². The molecule has 0 aliphatic heterocycles. The van der Waals surface area contributed by atoms with Gasteiger partial charge in [-0.3, -0.25) is 5.10 Å². The first kappa shape index (κ1) is 16.9. The van der Waals surface area contributed by atoms with E-state index in [0.29, 0.717) is 19.6 Å². The second-order valence-electron chi connectivity index (χ2n) is 6.27. The van der Waals surface area contributed by atoms with Crippen LogP contribution in [0.3, 0.4) is 0 Å². The number of hydrogen-bond acceptors (Lipinski definition) is 4. The molecular weight excluding hydrogens is 292 g/mol. The van der Waals surface area contributed by atoms with Crippen molar-refractivity contribution in [3.8, 4) is 0 Å². The van der Waals surface area contributed by atoms with Gasteiger partial charge in [0.15, 0.2) is 0 Å². The first-order chi connectivity index (χ1) is 10.9. The maximum absolute atomic E-state index is 12.4. The molecule has 0 unspecified atom stereocenters. The molecule has 2 aromatic rings. The van der Waals surface area contributed by atoms with Crippen LogP contribution in [0.4, 0.5) is 10.6 Å². The van der Waals surface area contributed by atoms with E-state index in [1.807, 2.05) is 57.2 Å². The molecule has 0 radical (unpaired) electrons. The van der Waals surface area contributed by atoms with Gasteiger partial charge >= 0.3 is 6.09 Å². The van der Waals surface area contributed by atoms with E-state index in [2.05, 4.69) is 15.5 Å². The van der Waals surface area contributed by atoms with Crippen LogP contribution in [-0.2, 0) is 11.3 Å². The highest BCUT2D eigenvalue weighted by Crippen LogP contribution is 2.12. The van der Waals surface area contributed by atoms with E-state index >= 15 is 0 Å². The number of H-pyrrole nitrogens is 1. The zero-order valence-corrected chi connectivity index (χ0v) is 13.9. The summed E-state index contributed by atoms with van der Waals surface area (Å²) in [6, 6.07) is 11.7. The molecule has 0 saturated carbocycles. The molecule has 2 N–H and O–H groups in total. The van der Waals surface area contributed by atoms with Gasteiger partial charge in [-0.15, -0.1) is 0 Å². The number of amides is 1. The highest BCUT2D eigenvalue weighted by molar-refractivity contribution is 5.68. The molecule has 1 aromatic carbocycles. The zero-order chi connectivity index (χ0) is 16.7. The molecule has 0 spiro atoms. The number of carbonyl (C=O) groups excluding carboxylic acids is 1. The summed E-state index contributed by atoms with van der Waals surface area (Å²) in [5.74, 6) is 0.758. The molecule has 1 heterocycles. The number of carbonyl (C=O) groups is 1. The number of anilines is 1. The predicted molar refractivity (Wildman–Crippen MR) is 90.2 cm³/mol. The Hall–Kier alpha value is -2.50. The standard InChI is InChI=1S/C17H24N4O2/c1-17(2,3)23-16(22)21(13-14-7-5-4-6-8-14)12-11-18-15-9-10-19-20-15/h4-10H,11-13H2,1-3H3,(H2,18,19,20). The highest BCUT2D eigenvalue weighted by atomic mass is 16.6. The first-order valence-corrected chi connectivity index (χ1v) is 7.69. The van der Waals surface area contributed by atoms with E-state index in [1.54, 1.807) is 11.1 Å². The number of nitrogens with zero attached hydrogens (tertiary/aromatic N) is 2. The lowest BCUT2D eigenvalue weighted by Gasteiger charge is -2.27. The summed E-state index contributed by atoms with van der Waals surface area (Å²) in [4.78, 5) is 14.1. The van der Waals surface area contributed by atoms with Gasteiger partial charge in [-0.1, -0.05) is 30.3 Å². The summed E-state index contributed by atoms with van der Waals surface area (Å²) in [6.07, 6.45) is 1.43. The number of rotatable bonds is 6. The predicted octanol–water partition coefficient (Wildman–Crippen LogP) is 3.26. The molecule has 0 fully saturated rings. The van der Waals surface area contributed by atoms with Crippen LogP contribution in [-0.4, -0.2) is 39.9 Å². The van der Waals surface area contributed by atoms with E-state index in [9.17, 15) is 4.79 Å². The molecule has 1 amide bonds. The van der Waals surface area contributed by atoms with Gasteiger partial charge in [0.05, 0.1) is 0 Å². The molecule has 0 aliphatic rings. The minimum absolute atomic E-state index is 0.315. The van der Waals surface area contributed by atoms with Crippen LogP contribution in [0.1, 0.15) is 26.3 Å². The van der Waals surface area contributed by atoms with Gasteiger partial charge in [0, 0.05) is 25.8 Å². The van der Waals surface area contributed by atoms with Gasteiger partial charge in [-0.25, -0.2) is 4.79 Å². The maximum Gasteiger partial charge on any atom is 0.410 e. The Balaban J connectivity index is 1.96. The van der Waals surface area contributed by atoms with Crippen molar-refractivity contribution in [3.63, 3.8) is 0 Å². The summed E-state index contributed by atoms with van der Waals surface area (Å²) < 4.78 is 5.50. The van der Waals surface area contributed by atoms with Crippen LogP contribution in [0.15, 0.2) is 42.6 Å². The van der Waals surface area contributed by atoms with Gasteiger partial charge in [0.25, 0.3) is 0 Å². The molecule has 1 aromatic heterocycles. The highest BCUT2D eigenvalue weighted by Gasteiger charge is 2.22. The summed E-state index contributed by atoms with van der Waals surface area (Å²) in [5.41, 5.74) is 0.555. The van der Waals surface area contributed by atoms with Crippen molar-refractivity contribution in [2.24, 2.45) is 0 Å². The van der Waals surface area contributed by atoms with Gasteiger partial charge in [0.2, 0.25) is 0 Å². The fraction of sp³-hybridized carbons (Fsp3) is 0.412. The third-order valence-corrected chi connectivity index (χ3v) is 3.06. The largest absolute Gasteiger partial charge is 0.444 e. The first-order valence-electron chi connectivity index (χ1n) is 7.69. The van der Waals surface area contributed by atoms with Crippen molar-refractivity contribution in [1.29, 1.82) is 0 Å². The van der Waals surface area contributed by atoms with E-state index < -0.39 is 5.60 Å². The Morgan fingerprint density at radius 3 is 2.61 bits per heavy atom. The van der Waals surface area contributed by atoms with Gasteiger partial charge in [-0.05, 0) is 32.4 Å². The summed E-state index contributed by atoms with van der Waals surface area (Å²) in [5, 5.41) is 9.94. The molecular formula is C17H24N4O2. The third-order valence-electron chi connectivity index (χ3n) is 3.06. The summed E-state index contributed by atoms with van der Waals surface area (Å²) in [6.45, 7) is 7.24. The Morgan fingerprint density at radius 2 is 2.00 bits per heavy atom. The quantitative estimate of drug-likeness (QED) is 0.858. The van der Waals surface area contributed by atoms with Crippen LogP contribution in [0.5, 0.6) is 0 Å². The van der Waals surface area contributed by atoms with Crippen molar-refractivity contribution in [3.05, 3.63) is 48.2 Å². The Labute approximate surface area is 136 Å². The average molecular weight is 316 g/mol. The van der Waals surface area contributed by atoms with Gasteiger partial charge < -0.3 is 15.0 Å². The lowest BCUT2D eigenvalue weighted by Crippen LogP contribution is -2.39. The van der Waals surface area contributed by atoms with Crippen molar-refractivity contribution in [2.75, 3.05) is 18.4 Å². The average Bonchev–Trinajstić information content (AvgIpc) is 2.99. The molecule has 6 nitrogen and oxygen atoms in total. The lowest BCUT2D eigenvalue weighted by atomic mass is 10.2. The van der Waals surface area contributed by atoms with E-state index in [0.717, 1.165) is 11.4 Å². The van der Waals surface area contributed by atoms with Crippen molar-refractivity contribution in [2.45, 2.75) is 32.9 Å². The fourth-order valence-corrected chi connectivity index (χ4v) is 2.04. The zero-order valence-electron chi connectivity index (χ0n) is 13.9. The van der Waals surface area contributed by atoms with Crippen LogP contribution < -0.4 is 5.32 Å². The number of aromatic nitrogens is 2. The topological polar surface area (TPSA) is 70.2 Å². The maximum atomic E-state index is 12.4. The molecule has 23 heavy (non-hydrogen) atoms. The second kappa shape index (κ2) is 7.67. The minimum Gasteiger partial charge on any atom is -0.444 e. The molecule has 6 heteroatoms. The second-order valence-corrected chi connectivity index (χ2v) is 6.27. The van der Waals surface area contributed by atoms with Crippen molar-refractivity contribution < 1.29 is 9.53 Å². The number of ether oxygens (including phenoxy) is 1. The SMILES string of the molecule is CC(C)(C)OC(=O)N(CCNc1cc[nH]n1)Cc1ccccc1. The number of aromatic amines is 1. The molecule has 124 valence electrons. The lowest BCUT2D eigenvalue weighted by molar-refractivity contribution is 0.0241. The number of nitrogens with one attached hydrogen (secondary N) is 2. The van der Waals surface area contributed by atoms with Crippen molar-refractivity contribution >= 4 is 11.9 Å². The minimum atomic E-state index is -0.512. The van der Waals surface area contributed by atoms with E-state index in [1.165, 1.54) is 0 Å². The Morgan fingerprint density at radius 1 is 1.26 bits per heavy atom. The fourth-order valence-electron chi connectivity index (χ4n) is 2.04. The smallest absolute Gasteiger partial charge is 0.410 e. The van der Waals surface area contributed by atoms with Crippen LogP contribution in [0, 0.1) is 0 Å². The summed E-state index contributed by atoms with van der Waals surface area (Å²) >= 11 is 0. The molecule has 0 aliphatic carbocycles. The monoisotopic (exact) mass is 316 g/mol. The van der Waals surface area contributed by atoms with Crippen LogP contribution in [0.25, 0.3) is 0 Å². The molecule has 0 bridgehead atoms. The van der Waals surface area contributed by atoms with Crippen molar-refractivity contribution in [1.82, 2.24) is 15.1 Å². The number of benzene rings is 1. The third kappa shape index (κ3) is 6.02. The molecule has 0 atom stereocenters. The van der Waals surface area contributed by atoms with Crippen LogP contribution in [0.2, 0.25) is 0 Å². The number of hydrogen-bond donors (Lipinski definition) is 2. The van der Waals surface area contributed by atoms with E-state index in [4.69, 9.17) is 4.74 Å². The Bertz CT molecular complexity index is 591. The molecule has 0 saturated heterocycles. The van der Waals surface area contributed by atoms with E-state index in [-0.39, 0.29) is 6.09 Å². The van der Waals surface area contributed by atoms with Gasteiger partial charge in [-0.2, -0.15) is 5.10 Å². The molecule has 2 rings (SSSR count). The normalized spacial score (nSPS) is 11.1. The Kier molecular flexibility index (Phi) is 5.62. The van der Waals surface area contributed by atoms with Gasteiger partial charge in [0.1, 0.15) is 11.4 Å².